The molecule has 0 amide bonds. The van der Waals surface area contributed by atoms with Gasteiger partial charge in [0.25, 0.3) is 0 Å². The van der Waals surface area contributed by atoms with Crippen LogP contribution in [0, 0.1) is 10.8 Å². The zero-order chi connectivity index (χ0) is 17.4. The van der Waals surface area contributed by atoms with Crippen LogP contribution in [-0.4, -0.2) is 48.7 Å². The molecule has 0 radical (unpaired) electrons. The summed E-state index contributed by atoms with van der Waals surface area (Å²) in [6, 6.07) is 0.574. The fraction of sp³-hybridized carbons (Fsp3) is 0.722. The number of nitrogens with zero attached hydrogens (tertiary/aromatic N) is 3. The molecule has 2 saturated heterocycles. The van der Waals surface area contributed by atoms with Crippen LogP contribution in [0.3, 0.4) is 0 Å². The molecule has 2 aliphatic rings. The van der Waals surface area contributed by atoms with Crippen molar-refractivity contribution < 1.29 is 9.53 Å². The lowest BCUT2D eigenvalue weighted by Crippen LogP contribution is -2.51. The molecule has 24 heavy (non-hydrogen) atoms. The summed E-state index contributed by atoms with van der Waals surface area (Å²) in [6.45, 7) is 10.2. The molecule has 3 rings (SSSR count). The summed E-state index contributed by atoms with van der Waals surface area (Å²) in [5, 5.41) is 3.74. The number of piperidine rings is 1. The molecule has 132 valence electrons. The number of hydrogen-bond acceptors (Lipinski definition) is 6. The molecule has 6 heteroatoms. The van der Waals surface area contributed by atoms with Crippen LogP contribution in [0.4, 0.5) is 5.69 Å². The average molecular weight is 332 g/mol. The molecule has 1 aromatic heterocycles. The van der Waals surface area contributed by atoms with Gasteiger partial charge in [-0.3, -0.25) is 0 Å². The van der Waals surface area contributed by atoms with Gasteiger partial charge in [-0.2, -0.15) is 0 Å². The molecule has 2 fully saturated rings. The fourth-order valence-electron chi connectivity index (χ4n) is 4.48. The molecule has 0 bridgehead atoms. The monoisotopic (exact) mass is 332 g/mol. The maximum Gasteiger partial charge on any atom is 0.376 e. The van der Waals surface area contributed by atoms with Crippen LogP contribution >= 0.6 is 0 Å². The average Bonchev–Trinajstić information content (AvgIpc) is 2.98. The molecule has 0 aliphatic carbocycles. The number of nitrogens with one attached hydrogen (secondary N) is 1. The largest absolute Gasteiger partial charge is 0.463 e. The van der Waals surface area contributed by atoms with E-state index in [-0.39, 0.29) is 11.2 Å². The third-order valence-corrected chi connectivity index (χ3v) is 5.58. The van der Waals surface area contributed by atoms with E-state index in [1.807, 2.05) is 0 Å². The van der Waals surface area contributed by atoms with Crippen molar-refractivity contribution in [3.05, 3.63) is 18.2 Å². The standard InChI is InChI=1S/C18H28N4O2/c1-17(2,3)16-18(5-8-19-16)6-9-22(10-7-18)13-11-20-14(21-12-13)15(23)24-4/h11-12,16,19H,5-10H2,1-4H3. The van der Waals surface area contributed by atoms with Gasteiger partial charge in [0, 0.05) is 19.1 Å². The van der Waals surface area contributed by atoms with Crippen molar-refractivity contribution in [1.29, 1.82) is 0 Å². The number of esters is 1. The maximum absolute atomic E-state index is 11.4. The Bertz CT molecular complexity index is 586. The lowest BCUT2D eigenvalue weighted by atomic mass is 9.65. The van der Waals surface area contributed by atoms with Gasteiger partial charge in [-0.1, -0.05) is 20.8 Å². The molecule has 1 unspecified atom stereocenters. The number of methoxy groups -OCH3 is 1. The molecule has 1 atom stereocenters. The van der Waals surface area contributed by atoms with Gasteiger partial charge in [0.2, 0.25) is 5.82 Å². The fourth-order valence-corrected chi connectivity index (χ4v) is 4.48. The smallest absolute Gasteiger partial charge is 0.376 e. The Morgan fingerprint density at radius 1 is 1.25 bits per heavy atom. The van der Waals surface area contributed by atoms with E-state index in [1.165, 1.54) is 26.4 Å². The van der Waals surface area contributed by atoms with Crippen LogP contribution in [-0.2, 0) is 4.74 Å². The van der Waals surface area contributed by atoms with Crippen molar-refractivity contribution in [2.24, 2.45) is 10.8 Å². The summed E-state index contributed by atoms with van der Waals surface area (Å²) < 4.78 is 4.64. The molecule has 1 aromatic rings. The number of hydrogen-bond donors (Lipinski definition) is 1. The topological polar surface area (TPSA) is 67.3 Å². The second-order valence-corrected chi connectivity index (χ2v) is 8.11. The summed E-state index contributed by atoms with van der Waals surface area (Å²) in [5.74, 6) is -0.383. The van der Waals surface area contributed by atoms with Crippen LogP contribution in [0.1, 0.15) is 50.7 Å². The van der Waals surface area contributed by atoms with E-state index in [2.05, 4.69) is 45.7 Å². The third-order valence-electron chi connectivity index (χ3n) is 5.58. The Morgan fingerprint density at radius 2 is 1.88 bits per heavy atom. The molecule has 6 nitrogen and oxygen atoms in total. The number of aromatic nitrogens is 2. The second-order valence-electron chi connectivity index (χ2n) is 8.11. The Labute approximate surface area is 144 Å². The minimum absolute atomic E-state index is 0.113. The molecular weight excluding hydrogens is 304 g/mol. The molecule has 0 aromatic carbocycles. The van der Waals surface area contributed by atoms with Gasteiger partial charge in [-0.25, -0.2) is 14.8 Å². The number of anilines is 1. The van der Waals surface area contributed by atoms with E-state index in [0.29, 0.717) is 11.5 Å². The first-order chi connectivity index (χ1) is 11.4. The Balaban J connectivity index is 1.68. The quantitative estimate of drug-likeness (QED) is 0.838. The van der Waals surface area contributed by atoms with Crippen LogP contribution in [0.15, 0.2) is 12.4 Å². The highest BCUT2D eigenvalue weighted by atomic mass is 16.5. The molecular formula is C18H28N4O2. The summed E-state index contributed by atoms with van der Waals surface area (Å²) in [6.07, 6.45) is 7.08. The Kier molecular flexibility index (Phi) is 4.51. The van der Waals surface area contributed by atoms with Crippen LogP contribution in [0.2, 0.25) is 0 Å². The summed E-state index contributed by atoms with van der Waals surface area (Å²) in [5.41, 5.74) is 1.67. The summed E-state index contributed by atoms with van der Waals surface area (Å²) in [7, 11) is 1.34. The zero-order valence-corrected chi connectivity index (χ0v) is 15.1. The van der Waals surface area contributed by atoms with Gasteiger partial charge < -0.3 is 15.0 Å². The van der Waals surface area contributed by atoms with Crippen LogP contribution in [0.25, 0.3) is 0 Å². The Hall–Kier alpha value is -1.69. The molecule has 0 saturated carbocycles. The molecule has 3 heterocycles. The lowest BCUT2D eigenvalue weighted by Gasteiger charge is -2.47. The minimum atomic E-state index is -0.496. The lowest BCUT2D eigenvalue weighted by molar-refractivity contribution is 0.0586. The SMILES string of the molecule is COC(=O)c1ncc(N2CCC3(CCNC3C(C)(C)C)CC2)cn1. The van der Waals surface area contributed by atoms with Crippen molar-refractivity contribution in [2.75, 3.05) is 31.6 Å². The first kappa shape index (κ1) is 17.1. The van der Waals surface area contributed by atoms with Gasteiger partial charge in [-0.05, 0) is 36.6 Å². The van der Waals surface area contributed by atoms with Crippen LogP contribution < -0.4 is 10.2 Å². The molecule has 1 spiro atoms. The van der Waals surface area contributed by atoms with Gasteiger partial charge in [0.05, 0.1) is 25.2 Å². The van der Waals surface area contributed by atoms with Crippen molar-refractivity contribution in [3.8, 4) is 0 Å². The summed E-state index contributed by atoms with van der Waals surface area (Å²) >= 11 is 0. The van der Waals surface area contributed by atoms with E-state index in [0.717, 1.165) is 25.3 Å². The van der Waals surface area contributed by atoms with E-state index in [1.54, 1.807) is 12.4 Å². The number of ether oxygens (including phenoxy) is 1. The third kappa shape index (κ3) is 3.11. The van der Waals surface area contributed by atoms with E-state index in [4.69, 9.17) is 0 Å². The van der Waals surface area contributed by atoms with Crippen molar-refractivity contribution in [3.63, 3.8) is 0 Å². The molecule has 2 aliphatic heterocycles. The Morgan fingerprint density at radius 3 is 2.42 bits per heavy atom. The van der Waals surface area contributed by atoms with E-state index < -0.39 is 5.97 Å². The van der Waals surface area contributed by atoms with Gasteiger partial charge >= 0.3 is 5.97 Å². The molecule has 1 N–H and O–H groups in total. The zero-order valence-electron chi connectivity index (χ0n) is 15.1. The van der Waals surface area contributed by atoms with Gasteiger partial charge in [0.15, 0.2) is 0 Å². The second kappa shape index (κ2) is 6.31. The van der Waals surface area contributed by atoms with Crippen molar-refractivity contribution in [1.82, 2.24) is 15.3 Å². The highest BCUT2D eigenvalue weighted by Gasteiger charge is 2.49. The van der Waals surface area contributed by atoms with Gasteiger partial charge in [-0.15, -0.1) is 0 Å². The maximum atomic E-state index is 11.4. The van der Waals surface area contributed by atoms with Crippen LogP contribution in [0.5, 0.6) is 0 Å². The first-order valence-corrected chi connectivity index (χ1v) is 8.74. The predicted molar refractivity (Wildman–Crippen MR) is 93.1 cm³/mol. The minimum Gasteiger partial charge on any atom is -0.463 e. The number of carbonyl (C=O) groups is 1. The predicted octanol–water partition coefficient (Wildman–Crippen LogP) is 2.26. The summed E-state index contributed by atoms with van der Waals surface area (Å²) in [4.78, 5) is 22.0. The first-order valence-electron chi connectivity index (χ1n) is 8.74. The normalized spacial score (nSPS) is 23.5. The number of carbonyl (C=O) groups excluding carboxylic acids is 1. The van der Waals surface area contributed by atoms with E-state index >= 15 is 0 Å². The highest BCUT2D eigenvalue weighted by molar-refractivity contribution is 5.85. The highest BCUT2D eigenvalue weighted by Crippen LogP contribution is 2.47. The van der Waals surface area contributed by atoms with Gasteiger partial charge in [0.1, 0.15) is 0 Å². The van der Waals surface area contributed by atoms with E-state index in [9.17, 15) is 4.79 Å². The van der Waals surface area contributed by atoms with Crippen molar-refractivity contribution in [2.45, 2.75) is 46.1 Å². The number of rotatable bonds is 2. The van der Waals surface area contributed by atoms with Crippen molar-refractivity contribution >= 4 is 11.7 Å².